The summed E-state index contributed by atoms with van der Waals surface area (Å²) in [5.74, 6) is 1.23. The summed E-state index contributed by atoms with van der Waals surface area (Å²) in [7, 11) is 0.732. The van der Waals surface area contributed by atoms with Gasteiger partial charge < -0.3 is 10.5 Å². The molecule has 15 heavy (non-hydrogen) atoms. The van der Waals surface area contributed by atoms with Crippen LogP contribution in [-0.2, 0) is 16.6 Å². The van der Waals surface area contributed by atoms with Crippen molar-refractivity contribution in [3.63, 3.8) is 0 Å². The first-order chi connectivity index (χ1) is 7.04. The van der Waals surface area contributed by atoms with E-state index in [1.54, 1.807) is 19.2 Å². The third kappa shape index (κ3) is 3.23. The first kappa shape index (κ1) is 12.0. The molecule has 2 N–H and O–H groups in total. The normalized spacial score (nSPS) is 12.8. The lowest BCUT2D eigenvalue weighted by molar-refractivity contribution is 0.411. The Labute approximate surface area is 93.1 Å². The highest BCUT2D eigenvalue weighted by Crippen LogP contribution is 2.23. The van der Waals surface area contributed by atoms with Gasteiger partial charge in [0.05, 0.1) is 12.9 Å². The molecule has 0 fully saturated rings. The molecule has 84 valence electrons. The van der Waals surface area contributed by atoms with E-state index in [0.29, 0.717) is 17.2 Å². The summed E-state index contributed by atoms with van der Waals surface area (Å²) in [6.07, 6.45) is 0. The fraction of sp³-hybridized carbons (Fsp3) is 0.455. The van der Waals surface area contributed by atoms with E-state index in [1.165, 1.54) is 0 Å². The Morgan fingerprint density at radius 1 is 1.47 bits per heavy atom. The summed E-state index contributed by atoms with van der Waals surface area (Å²) >= 11 is 0. The number of nitrogens with two attached hydrogens (primary N) is 1. The maximum atomic E-state index is 11.7. The van der Waals surface area contributed by atoms with Gasteiger partial charge >= 0.3 is 0 Å². The van der Waals surface area contributed by atoms with Crippen LogP contribution in [0.4, 0.5) is 5.69 Å². The first-order valence-electron chi connectivity index (χ1n) is 4.84. The zero-order valence-corrected chi connectivity index (χ0v) is 10.1. The number of hydrogen-bond donors (Lipinski definition) is 1. The highest BCUT2D eigenvalue weighted by molar-refractivity contribution is 7.84. The van der Waals surface area contributed by atoms with Crippen LogP contribution < -0.4 is 10.5 Å². The van der Waals surface area contributed by atoms with Crippen LogP contribution in [0.5, 0.6) is 5.75 Å². The Kier molecular flexibility index (Phi) is 4.15. The van der Waals surface area contributed by atoms with Crippen LogP contribution in [0.3, 0.4) is 0 Å². The van der Waals surface area contributed by atoms with Crippen LogP contribution in [0.15, 0.2) is 18.2 Å². The van der Waals surface area contributed by atoms with E-state index in [0.717, 1.165) is 5.56 Å². The van der Waals surface area contributed by atoms with Crippen LogP contribution in [0.2, 0.25) is 0 Å². The summed E-state index contributed by atoms with van der Waals surface area (Å²) in [6, 6.07) is 5.43. The van der Waals surface area contributed by atoms with Crippen LogP contribution in [0.1, 0.15) is 19.4 Å². The zero-order chi connectivity index (χ0) is 11.4. The number of nitrogen functional groups attached to an aromatic ring is 1. The van der Waals surface area contributed by atoms with Crippen molar-refractivity contribution in [2.24, 2.45) is 0 Å². The number of rotatable bonds is 4. The van der Waals surface area contributed by atoms with Gasteiger partial charge in [-0.05, 0) is 6.07 Å². The van der Waals surface area contributed by atoms with Crippen molar-refractivity contribution in [3.05, 3.63) is 23.8 Å². The second kappa shape index (κ2) is 5.16. The highest BCUT2D eigenvalue weighted by atomic mass is 32.2. The van der Waals surface area contributed by atoms with Gasteiger partial charge in [-0.2, -0.15) is 0 Å². The molecular weight excluding hydrogens is 210 g/mol. The van der Waals surface area contributed by atoms with Crippen molar-refractivity contribution < 1.29 is 8.95 Å². The molecule has 0 saturated heterocycles. The molecule has 0 spiro atoms. The molecule has 0 aromatic heterocycles. The lowest BCUT2D eigenvalue weighted by Crippen LogP contribution is -2.08. The Morgan fingerprint density at radius 3 is 2.67 bits per heavy atom. The Balaban J connectivity index is 2.89. The van der Waals surface area contributed by atoms with Crippen LogP contribution >= 0.6 is 0 Å². The van der Waals surface area contributed by atoms with Crippen molar-refractivity contribution in [2.45, 2.75) is 24.9 Å². The molecule has 1 atom stereocenters. The number of hydrogen-bond acceptors (Lipinski definition) is 3. The average molecular weight is 227 g/mol. The summed E-state index contributed by atoms with van der Waals surface area (Å²) in [5, 5.41) is 0.159. The van der Waals surface area contributed by atoms with Gasteiger partial charge in [-0.1, -0.05) is 19.9 Å². The van der Waals surface area contributed by atoms with Gasteiger partial charge in [0.25, 0.3) is 0 Å². The van der Waals surface area contributed by atoms with Gasteiger partial charge in [-0.3, -0.25) is 4.21 Å². The van der Waals surface area contributed by atoms with Crippen molar-refractivity contribution in [3.8, 4) is 5.75 Å². The molecule has 0 bridgehead atoms. The lowest BCUT2D eigenvalue weighted by atomic mass is 10.2. The summed E-state index contributed by atoms with van der Waals surface area (Å²) < 4.78 is 16.9. The predicted molar refractivity (Wildman–Crippen MR) is 64.4 cm³/mol. The van der Waals surface area contributed by atoms with Gasteiger partial charge in [0, 0.05) is 33.4 Å². The van der Waals surface area contributed by atoms with Crippen molar-refractivity contribution >= 4 is 16.5 Å². The molecule has 0 amide bonds. The van der Waals surface area contributed by atoms with Gasteiger partial charge in [0.15, 0.2) is 0 Å². The molecule has 0 heterocycles. The Hall–Kier alpha value is -1.03. The van der Waals surface area contributed by atoms with E-state index in [2.05, 4.69) is 0 Å². The van der Waals surface area contributed by atoms with E-state index < -0.39 is 10.8 Å². The van der Waals surface area contributed by atoms with Crippen molar-refractivity contribution in [2.75, 3.05) is 12.8 Å². The molecule has 3 nitrogen and oxygen atoms in total. The summed E-state index contributed by atoms with van der Waals surface area (Å²) in [5.41, 5.74) is 7.24. The predicted octanol–water partition coefficient (Wildman–Crippen LogP) is 1.93. The third-order valence-corrected chi connectivity index (χ3v) is 3.78. The van der Waals surface area contributed by atoms with Gasteiger partial charge in [0.2, 0.25) is 0 Å². The maximum absolute atomic E-state index is 11.7. The largest absolute Gasteiger partial charge is 0.496 e. The monoisotopic (exact) mass is 227 g/mol. The van der Waals surface area contributed by atoms with Crippen LogP contribution in [0, 0.1) is 0 Å². The van der Waals surface area contributed by atoms with E-state index >= 15 is 0 Å². The first-order valence-corrected chi connectivity index (χ1v) is 6.22. The van der Waals surface area contributed by atoms with Gasteiger partial charge in [0.1, 0.15) is 5.75 Å². The SMILES string of the molecule is COc1cc(N)ccc1CS(=O)C(C)C. The molecule has 0 aliphatic carbocycles. The minimum atomic E-state index is -0.862. The molecular formula is C11H17NO2S. The van der Waals surface area contributed by atoms with E-state index in [9.17, 15) is 4.21 Å². The molecule has 4 heteroatoms. The van der Waals surface area contributed by atoms with E-state index in [-0.39, 0.29) is 5.25 Å². The smallest absolute Gasteiger partial charge is 0.125 e. The minimum Gasteiger partial charge on any atom is -0.496 e. The fourth-order valence-corrected chi connectivity index (χ4v) is 2.08. The van der Waals surface area contributed by atoms with Gasteiger partial charge in [-0.25, -0.2) is 0 Å². The lowest BCUT2D eigenvalue weighted by Gasteiger charge is -2.10. The van der Waals surface area contributed by atoms with Crippen molar-refractivity contribution in [1.29, 1.82) is 0 Å². The Morgan fingerprint density at radius 2 is 2.13 bits per heavy atom. The molecule has 0 saturated carbocycles. The molecule has 1 aromatic carbocycles. The second-order valence-corrected chi connectivity index (χ2v) is 5.64. The zero-order valence-electron chi connectivity index (χ0n) is 9.32. The van der Waals surface area contributed by atoms with Crippen molar-refractivity contribution in [1.82, 2.24) is 0 Å². The molecule has 0 aliphatic rings. The summed E-state index contributed by atoms with van der Waals surface area (Å²) in [4.78, 5) is 0. The standard InChI is InChI=1S/C11H17NO2S/c1-8(2)15(13)7-9-4-5-10(12)6-11(9)14-3/h4-6,8H,7,12H2,1-3H3. The van der Waals surface area contributed by atoms with Gasteiger partial charge in [-0.15, -0.1) is 0 Å². The fourth-order valence-electron chi connectivity index (χ4n) is 1.20. The van der Waals surface area contributed by atoms with Crippen LogP contribution in [-0.4, -0.2) is 16.6 Å². The molecule has 1 unspecified atom stereocenters. The Bertz CT molecular complexity index is 364. The van der Waals surface area contributed by atoms with Crippen LogP contribution in [0.25, 0.3) is 0 Å². The molecule has 0 radical (unpaired) electrons. The third-order valence-electron chi connectivity index (χ3n) is 2.13. The van der Waals surface area contributed by atoms with E-state index in [1.807, 2.05) is 19.9 Å². The second-order valence-electron chi connectivity index (χ2n) is 3.65. The summed E-state index contributed by atoms with van der Waals surface area (Å²) in [6.45, 7) is 3.89. The number of benzene rings is 1. The molecule has 1 rings (SSSR count). The molecule has 1 aromatic rings. The average Bonchev–Trinajstić information content (AvgIpc) is 2.20. The topological polar surface area (TPSA) is 52.3 Å². The highest BCUT2D eigenvalue weighted by Gasteiger charge is 2.10. The molecule has 0 aliphatic heterocycles. The minimum absolute atomic E-state index is 0.159. The maximum Gasteiger partial charge on any atom is 0.125 e. The number of methoxy groups -OCH3 is 1. The number of anilines is 1. The van der Waals surface area contributed by atoms with E-state index in [4.69, 9.17) is 10.5 Å². The number of ether oxygens (including phenoxy) is 1. The quantitative estimate of drug-likeness (QED) is 0.800.